The summed E-state index contributed by atoms with van der Waals surface area (Å²) in [5.74, 6) is -2.42. The summed E-state index contributed by atoms with van der Waals surface area (Å²) in [6.45, 7) is 0. The monoisotopic (exact) mass is 343 g/mol. The maximum atomic E-state index is 13.0. The first-order valence-corrected chi connectivity index (χ1v) is 6.46. The van der Waals surface area contributed by atoms with Gasteiger partial charge in [0, 0.05) is 21.1 Å². The molecule has 1 N–H and O–H groups in total. The highest BCUT2D eigenvalue weighted by atomic mass is 79.9. The zero-order chi connectivity index (χ0) is 14.0. The Bertz CT molecular complexity index is 649. The van der Waals surface area contributed by atoms with Gasteiger partial charge in [-0.05, 0) is 30.3 Å². The SMILES string of the molecule is O=C(Nc1ccc(F)c(F)c1)c1ccc(Br)cc1S. The number of thiol groups is 1. The number of rotatable bonds is 2. The van der Waals surface area contributed by atoms with E-state index in [0.29, 0.717) is 10.5 Å². The van der Waals surface area contributed by atoms with Crippen LogP contribution in [0.5, 0.6) is 0 Å². The Labute approximate surface area is 122 Å². The van der Waals surface area contributed by atoms with Gasteiger partial charge in [-0.15, -0.1) is 12.6 Å². The number of amides is 1. The Balaban J connectivity index is 2.23. The highest BCUT2D eigenvalue weighted by Crippen LogP contribution is 2.21. The minimum atomic E-state index is -1.01. The number of carbonyl (C=O) groups excluding carboxylic acids is 1. The fraction of sp³-hybridized carbons (Fsp3) is 0. The van der Waals surface area contributed by atoms with E-state index in [0.717, 1.165) is 16.6 Å². The van der Waals surface area contributed by atoms with E-state index in [9.17, 15) is 13.6 Å². The van der Waals surface area contributed by atoms with Crippen LogP contribution >= 0.6 is 28.6 Å². The van der Waals surface area contributed by atoms with E-state index < -0.39 is 17.5 Å². The molecule has 2 aromatic rings. The van der Waals surface area contributed by atoms with Crippen LogP contribution in [0.15, 0.2) is 45.8 Å². The number of nitrogens with one attached hydrogen (secondary N) is 1. The molecule has 1 amide bonds. The zero-order valence-corrected chi connectivity index (χ0v) is 11.9. The summed E-state index contributed by atoms with van der Waals surface area (Å²) in [5, 5.41) is 2.48. The molecule has 0 fully saturated rings. The van der Waals surface area contributed by atoms with Gasteiger partial charge in [0.05, 0.1) is 5.56 Å². The third-order valence-corrected chi connectivity index (χ3v) is 3.25. The van der Waals surface area contributed by atoms with Crippen molar-refractivity contribution in [2.24, 2.45) is 0 Å². The first-order valence-electron chi connectivity index (χ1n) is 5.22. The summed E-state index contributed by atoms with van der Waals surface area (Å²) in [6.07, 6.45) is 0. The molecule has 2 aromatic carbocycles. The van der Waals surface area contributed by atoms with E-state index in [1.807, 2.05) is 0 Å². The highest BCUT2D eigenvalue weighted by Gasteiger charge is 2.11. The Morgan fingerprint density at radius 1 is 1.11 bits per heavy atom. The average Bonchev–Trinajstić information content (AvgIpc) is 2.33. The number of benzene rings is 2. The Morgan fingerprint density at radius 3 is 2.47 bits per heavy atom. The average molecular weight is 344 g/mol. The summed E-state index contributed by atoms with van der Waals surface area (Å²) in [5.41, 5.74) is 0.524. The third kappa shape index (κ3) is 3.33. The van der Waals surface area contributed by atoms with E-state index in [4.69, 9.17) is 0 Å². The quantitative estimate of drug-likeness (QED) is 0.783. The molecule has 98 valence electrons. The molecule has 0 aliphatic rings. The van der Waals surface area contributed by atoms with Crippen molar-refractivity contribution in [3.8, 4) is 0 Å². The summed E-state index contributed by atoms with van der Waals surface area (Å²) < 4.78 is 26.6. The van der Waals surface area contributed by atoms with Crippen molar-refractivity contribution in [1.82, 2.24) is 0 Å². The number of hydrogen-bond donors (Lipinski definition) is 2. The van der Waals surface area contributed by atoms with E-state index in [2.05, 4.69) is 33.9 Å². The molecule has 2 nitrogen and oxygen atoms in total. The lowest BCUT2D eigenvalue weighted by Crippen LogP contribution is -2.13. The Hall–Kier alpha value is -1.40. The number of anilines is 1. The van der Waals surface area contributed by atoms with Crippen LogP contribution in [0.25, 0.3) is 0 Å². The van der Waals surface area contributed by atoms with Gasteiger partial charge in [-0.3, -0.25) is 4.79 Å². The van der Waals surface area contributed by atoms with Gasteiger partial charge in [0.15, 0.2) is 11.6 Å². The van der Waals surface area contributed by atoms with Crippen molar-refractivity contribution in [3.63, 3.8) is 0 Å². The number of carbonyl (C=O) groups is 1. The molecule has 0 spiro atoms. The van der Waals surface area contributed by atoms with Crippen molar-refractivity contribution < 1.29 is 13.6 Å². The van der Waals surface area contributed by atoms with Gasteiger partial charge < -0.3 is 5.32 Å². The minimum absolute atomic E-state index is 0.180. The second kappa shape index (κ2) is 5.71. The predicted octanol–water partition coefficient (Wildman–Crippen LogP) is 4.27. The lowest BCUT2D eigenvalue weighted by Gasteiger charge is -2.08. The summed E-state index contributed by atoms with van der Waals surface area (Å²) in [7, 11) is 0. The van der Waals surface area contributed by atoms with Crippen molar-refractivity contribution in [3.05, 3.63) is 58.1 Å². The molecule has 0 aliphatic carbocycles. The van der Waals surface area contributed by atoms with Crippen LogP contribution in [0.2, 0.25) is 0 Å². The molecular weight excluding hydrogens is 336 g/mol. The van der Waals surface area contributed by atoms with Gasteiger partial charge in [-0.25, -0.2) is 8.78 Å². The van der Waals surface area contributed by atoms with Gasteiger partial charge in [0.1, 0.15) is 0 Å². The Morgan fingerprint density at radius 2 is 1.84 bits per heavy atom. The molecule has 0 saturated carbocycles. The lowest BCUT2D eigenvalue weighted by atomic mass is 10.2. The molecule has 0 saturated heterocycles. The fourth-order valence-electron chi connectivity index (χ4n) is 1.47. The normalized spacial score (nSPS) is 10.3. The Kier molecular flexibility index (Phi) is 4.21. The molecule has 0 bridgehead atoms. The fourth-order valence-corrected chi connectivity index (χ4v) is 2.32. The first-order chi connectivity index (χ1) is 8.97. The largest absolute Gasteiger partial charge is 0.322 e. The summed E-state index contributed by atoms with van der Waals surface area (Å²) >= 11 is 7.44. The molecular formula is C13H8BrF2NOS. The van der Waals surface area contributed by atoms with Crippen LogP contribution in [0.3, 0.4) is 0 Å². The van der Waals surface area contributed by atoms with Gasteiger partial charge in [0.25, 0.3) is 5.91 Å². The highest BCUT2D eigenvalue weighted by molar-refractivity contribution is 9.10. The molecule has 19 heavy (non-hydrogen) atoms. The molecule has 0 heterocycles. The maximum Gasteiger partial charge on any atom is 0.256 e. The van der Waals surface area contributed by atoms with Crippen molar-refractivity contribution in [2.75, 3.05) is 5.32 Å². The van der Waals surface area contributed by atoms with E-state index in [-0.39, 0.29) is 5.69 Å². The summed E-state index contributed by atoms with van der Waals surface area (Å²) in [4.78, 5) is 12.4. The van der Waals surface area contributed by atoms with Crippen LogP contribution in [-0.2, 0) is 0 Å². The standard InChI is InChI=1S/C13H8BrF2NOS/c14-7-1-3-9(12(19)5-7)13(18)17-8-2-4-10(15)11(16)6-8/h1-6,19H,(H,17,18). The molecule has 0 radical (unpaired) electrons. The third-order valence-electron chi connectivity index (χ3n) is 2.38. The van der Waals surface area contributed by atoms with Crippen LogP contribution in [0.1, 0.15) is 10.4 Å². The maximum absolute atomic E-state index is 13.0. The van der Waals surface area contributed by atoms with Crippen molar-refractivity contribution in [2.45, 2.75) is 4.90 Å². The molecule has 6 heteroatoms. The van der Waals surface area contributed by atoms with E-state index >= 15 is 0 Å². The predicted molar refractivity (Wildman–Crippen MR) is 75.7 cm³/mol. The lowest BCUT2D eigenvalue weighted by molar-refractivity contribution is 0.102. The van der Waals surface area contributed by atoms with Crippen LogP contribution in [0.4, 0.5) is 14.5 Å². The van der Waals surface area contributed by atoms with E-state index in [1.165, 1.54) is 6.07 Å². The van der Waals surface area contributed by atoms with Crippen LogP contribution in [-0.4, -0.2) is 5.91 Å². The van der Waals surface area contributed by atoms with E-state index in [1.54, 1.807) is 18.2 Å². The molecule has 2 rings (SSSR count). The molecule has 0 atom stereocenters. The minimum Gasteiger partial charge on any atom is -0.322 e. The van der Waals surface area contributed by atoms with Gasteiger partial charge in [-0.2, -0.15) is 0 Å². The van der Waals surface area contributed by atoms with Gasteiger partial charge in [0.2, 0.25) is 0 Å². The molecule has 0 unspecified atom stereocenters. The second-order valence-corrected chi connectivity index (χ2v) is 5.14. The second-order valence-electron chi connectivity index (χ2n) is 3.74. The zero-order valence-electron chi connectivity index (χ0n) is 9.45. The smallest absolute Gasteiger partial charge is 0.256 e. The van der Waals surface area contributed by atoms with Crippen LogP contribution in [0, 0.1) is 11.6 Å². The van der Waals surface area contributed by atoms with Gasteiger partial charge in [-0.1, -0.05) is 15.9 Å². The molecule has 0 aromatic heterocycles. The first kappa shape index (κ1) is 14.0. The van der Waals surface area contributed by atoms with Crippen molar-refractivity contribution in [1.29, 1.82) is 0 Å². The topological polar surface area (TPSA) is 29.1 Å². The van der Waals surface area contributed by atoms with Crippen molar-refractivity contribution >= 4 is 40.2 Å². The van der Waals surface area contributed by atoms with Gasteiger partial charge >= 0.3 is 0 Å². The number of hydrogen-bond acceptors (Lipinski definition) is 2. The number of halogens is 3. The van der Waals surface area contributed by atoms with Crippen LogP contribution < -0.4 is 5.32 Å². The summed E-state index contributed by atoms with van der Waals surface area (Å²) in [6, 6.07) is 8.11. The molecule has 0 aliphatic heterocycles.